The monoisotopic (exact) mass is 353 g/mol. The molecule has 0 aromatic heterocycles. The van der Waals surface area contributed by atoms with Gasteiger partial charge in [0.05, 0.1) is 12.7 Å². The Balaban J connectivity index is 1.76. The highest BCUT2D eigenvalue weighted by Crippen LogP contribution is 2.15. The van der Waals surface area contributed by atoms with Crippen molar-refractivity contribution in [3.05, 3.63) is 65.2 Å². The van der Waals surface area contributed by atoms with E-state index in [1.807, 2.05) is 18.2 Å². The van der Waals surface area contributed by atoms with Gasteiger partial charge < -0.3 is 10.1 Å². The van der Waals surface area contributed by atoms with Crippen LogP contribution in [-0.2, 0) is 17.7 Å². The number of methoxy groups -OCH3 is 1. The summed E-state index contributed by atoms with van der Waals surface area (Å²) in [4.78, 5) is 11.6. The number of hydrogen-bond acceptors (Lipinski definition) is 3. The summed E-state index contributed by atoms with van der Waals surface area (Å²) < 4.78 is 4.76. The number of carbonyl (C=O) groups is 1. The minimum absolute atomic E-state index is 0.312. The van der Waals surface area contributed by atoms with Crippen molar-refractivity contribution in [2.75, 3.05) is 12.4 Å². The molecular formula is C23H31NO2. The van der Waals surface area contributed by atoms with E-state index in [4.69, 9.17) is 4.74 Å². The van der Waals surface area contributed by atoms with Gasteiger partial charge in [-0.05, 0) is 42.2 Å². The Hall–Kier alpha value is -2.29. The first-order valence-electron chi connectivity index (χ1n) is 9.73. The number of aryl methyl sites for hydroxylation is 1. The lowest BCUT2D eigenvalue weighted by Crippen LogP contribution is -2.04. The van der Waals surface area contributed by atoms with Gasteiger partial charge in [-0.25, -0.2) is 4.79 Å². The summed E-state index contributed by atoms with van der Waals surface area (Å²) in [5.74, 6) is -0.312. The maximum absolute atomic E-state index is 11.6. The normalized spacial score (nSPS) is 10.5. The minimum atomic E-state index is -0.312. The van der Waals surface area contributed by atoms with Crippen LogP contribution in [0.3, 0.4) is 0 Å². The third-order valence-electron chi connectivity index (χ3n) is 4.62. The number of nitrogens with one attached hydrogen (secondary N) is 1. The predicted molar refractivity (Wildman–Crippen MR) is 109 cm³/mol. The molecule has 140 valence electrons. The molecule has 26 heavy (non-hydrogen) atoms. The third-order valence-corrected chi connectivity index (χ3v) is 4.62. The molecule has 0 saturated carbocycles. The molecule has 0 saturated heterocycles. The molecule has 0 fully saturated rings. The van der Waals surface area contributed by atoms with Gasteiger partial charge in [-0.1, -0.05) is 69.4 Å². The standard InChI is InChI=1S/C23H31NO2/c1-3-4-5-6-7-8-10-19-13-15-20(16-14-19)18-24-22-12-9-11-21(17-22)23(25)26-2/h9,11-17,24H,3-8,10,18H2,1-2H3. The Bertz CT molecular complexity index is 664. The number of ether oxygens (including phenoxy) is 1. The van der Waals surface area contributed by atoms with E-state index < -0.39 is 0 Å². The van der Waals surface area contributed by atoms with E-state index in [2.05, 4.69) is 36.5 Å². The topological polar surface area (TPSA) is 38.3 Å². The Morgan fingerprint density at radius 1 is 0.923 bits per heavy atom. The van der Waals surface area contributed by atoms with Gasteiger partial charge in [-0.15, -0.1) is 0 Å². The molecule has 0 aliphatic rings. The molecule has 3 nitrogen and oxygen atoms in total. The second-order valence-electron chi connectivity index (χ2n) is 6.76. The molecule has 2 rings (SSSR count). The molecule has 0 spiro atoms. The van der Waals surface area contributed by atoms with Crippen molar-refractivity contribution in [1.29, 1.82) is 0 Å². The Morgan fingerprint density at radius 3 is 2.35 bits per heavy atom. The minimum Gasteiger partial charge on any atom is -0.465 e. The number of unbranched alkanes of at least 4 members (excludes halogenated alkanes) is 5. The molecule has 0 radical (unpaired) electrons. The fraction of sp³-hybridized carbons (Fsp3) is 0.435. The molecule has 0 unspecified atom stereocenters. The third kappa shape index (κ3) is 6.91. The number of anilines is 1. The van der Waals surface area contributed by atoms with E-state index >= 15 is 0 Å². The smallest absolute Gasteiger partial charge is 0.337 e. The van der Waals surface area contributed by atoms with Crippen LogP contribution in [0.5, 0.6) is 0 Å². The highest BCUT2D eigenvalue weighted by Gasteiger charge is 2.05. The van der Waals surface area contributed by atoms with Crippen molar-refractivity contribution in [3.63, 3.8) is 0 Å². The molecule has 0 bridgehead atoms. The van der Waals surface area contributed by atoms with E-state index in [1.54, 1.807) is 6.07 Å². The first-order valence-corrected chi connectivity index (χ1v) is 9.73. The van der Waals surface area contributed by atoms with E-state index in [1.165, 1.54) is 63.2 Å². The van der Waals surface area contributed by atoms with Crippen molar-refractivity contribution in [1.82, 2.24) is 0 Å². The first kappa shape index (κ1) is 20.0. The number of benzene rings is 2. The van der Waals surface area contributed by atoms with Gasteiger partial charge in [-0.2, -0.15) is 0 Å². The molecule has 0 aliphatic carbocycles. The van der Waals surface area contributed by atoms with Gasteiger partial charge >= 0.3 is 5.97 Å². The van der Waals surface area contributed by atoms with Crippen LogP contribution in [0.4, 0.5) is 5.69 Å². The van der Waals surface area contributed by atoms with Gasteiger partial charge in [0, 0.05) is 12.2 Å². The van der Waals surface area contributed by atoms with Gasteiger partial charge in [0.1, 0.15) is 0 Å². The fourth-order valence-electron chi connectivity index (χ4n) is 3.01. The lowest BCUT2D eigenvalue weighted by Gasteiger charge is -2.09. The van der Waals surface area contributed by atoms with Crippen molar-refractivity contribution < 1.29 is 9.53 Å². The zero-order valence-electron chi connectivity index (χ0n) is 16.1. The number of carbonyl (C=O) groups excluding carboxylic acids is 1. The summed E-state index contributed by atoms with van der Waals surface area (Å²) in [7, 11) is 1.40. The predicted octanol–water partition coefficient (Wildman–Crippen LogP) is 5.99. The highest BCUT2D eigenvalue weighted by molar-refractivity contribution is 5.90. The Morgan fingerprint density at radius 2 is 1.62 bits per heavy atom. The van der Waals surface area contributed by atoms with Crippen LogP contribution in [-0.4, -0.2) is 13.1 Å². The summed E-state index contributed by atoms with van der Waals surface area (Å²) in [6.45, 7) is 2.99. The maximum Gasteiger partial charge on any atom is 0.337 e. The Labute approximate surface area is 157 Å². The average Bonchev–Trinajstić information content (AvgIpc) is 2.69. The van der Waals surface area contributed by atoms with Gasteiger partial charge in [0.15, 0.2) is 0 Å². The van der Waals surface area contributed by atoms with Crippen LogP contribution in [0.2, 0.25) is 0 Å². The fourth-order valence-corrected chi connectivity index (χ4v) is 3.01. The van der Waals surface area contributed by atoms with Crippen LogP contribution >= 0.6 is 0 Å². The number of rotatable bonds is 11. The molecular weight excluding hydrogens is 322 g/mol. The second-order valence-corrected chi connectivity index (χ2v) is 6.76. The molecule has 1 N–H and O–H groups in total. The van der Waals surface area contributed by atoms with Crippen molar-refractivity contribution in [2.24, 2.45) is 0 Å². The highest BCUT2D eigenvalue weighted by atomic mass is 16.5. The van der Waals surface area contributed by atoms with Crippen LogP contribution < -0.4 is 5.32 Å². The van der Waals surface area contributed by atoms with E-state index in [9.17, 15) is 4.79 Å². The number of esters is 1. The largest absolute Gasteiger partial charge is 0.465 e. The summed E-state index contributed by atoms with van der Waals surface area (Å²) >= 11 is 0. The van der Waals surface area contributed by atoms with Gasteiger partial charge in [0.25, 0.3) is 0 Å². The first-order chi connectivity index (χ1) is 12.7. The summed E-state index contributed by atoms with van der Waals surface area (Å²) in [6.07, 6.45) is 9.19. The quantitative estimate of drug-likeness (QED) is 0.398. The zero-order valence-corrected chi connectivity index (χ0v) is 16.1. The van der Waals surface area contributed by atoms with Crippen LogP contribution in [0, 0.1) is 0 Å². The molecule has 0 amide bonds. The summed E-state index contributed by atoms with van der Waals surface area (Å²) in [5, 5.41) is 3.36. The van der Waals surface area contributed by atoms with Crippen LogP contribution in [0.1, 0.15) is 66.9 Å². The molecule has 3 heteroatoms. The van der Waals surface area contributed by atoms with Crippen LogP contribution in [0.15, 0.2) is 48.5 Å². The second kappa shape index (κ2) is 11.3. The zero-order chi connectivity index (χ0) is 18.6. The molecule has 2 aromatic carbocycles. The molecule has 0 atom stereocenters. The van der Waals surface area contributed by atoms with E-state index in [-0.39, 0.29) is 5.97 Å². The van der Waals surface area contributed by atoms with Gasteiger partial charge in [-0.3, -0.25) is 0 Å². The lowest BCUT2D eigenvalue weighted by molar-refractivity contribution is 0.0601. The molecule has 0 aliphatic heterocycles. The number of hydrogen-bond donors (Lipinski definition) is 1. The van der Waals surface area contributed by atoms with E-state index in [0.29, 0.717) is 5.56 Å². The molecule has 2 aromatic rings. The lowest BCUT2D eigenvalue weighted by atomic mass is 10.0. The van der Waals surface area contributed by atoms with Crippen molar-refractivity contribution in [2.45, 2.75) is 58.4 Å². The Kier molecular flexibility index (Phi) is 8.74. The van der Waals surface area contributed by atoms with Crippen molar-refractivity contribution in [3.8, 4) is 0 Å². The summed E-state index contributed by atoms with van der Waals surface area (Å²) in [5.41, 5.74) is 4.13. The SMILES string of the molecule is CCCCCCCCc1ccc(CNc2cccc(C(=O)OC)c2)cc1. The average molecular weight is 354 g/mol. The summed E-state index contributed by atoms with van der Waals surface area (Å²) in [6, 6.07) is 16.2. The molecule has 0 heterocycles. The van der Waals surface area contributed by atoms with Gasteiger partial charge in [0.2, 0.25) is 0 Å². The van der Waals surface area contributed by atoms with Crippen LogP contribution in [0.25, 0.3) is 0 Å². The van der Waals surface area contributed by atoms with E-state index in [0.717, 1.165) is 12.2 Å². The van der Waals surface area contributed by atoms with Crippen molar-refractivity contribution >= 4 is 11.7 Å². The maximum atomic E-state index is 11.6.